The van der Waals surface area contributed by atoms with Gasteiger partial charge in [0.2, 0.25) is 0 Å². The number of nitro benzene ring substituents is 1. The van der Waals surface area contributed by atoms with Gasteiger partial charge < -0.3 is 9.47 Å². The van der Waals surface area contributed by atoms with E-state index in [0.29, 0.717) is 29.2 Å². The number of benzene rings is 3. The quantitative estimate of drug-likeness (QED) is 0.185. The average Bonchev–Trinajstić information content (AvgIpc) is 2.77. The number of nitro groups is 1. The Balaban J connectivity index is 1.80. The monoisotopic (exact) mass is 464 g/mol. The zero-order chi connectivity index (χ0) is 21.5. The van der Waals surface area contributed by atoms with Crippen molar-refractivity contribution >= 4 is 33.3 Å². The second-order valence-corrected chi connectivity index (χ2v) is 7.21. The Morgan fingerprint density at radius 1 is 1.10 bits per heavy atom. The van der Waals surface area contributed by atoms with Crippen LogP contribution in [-0.2, 0) is 6.61 Å². The third kappa shape index (κ3) is 5.25. The molecule has 0 fully saturated rings. The van der Waals surface area contributed by atoms with Crippen molar-refractivity contribution in [3.05, 3.63) is 98.0 Å². The van der Waals surface area contributed by atoms with E-state index in [1.807, 2.05) is 30.3 Å². The molecule has 0 radical (unpaired) electrons. The molecule has 3 aromatic rings. The molecule has 0 saturated carbocycles. The largest absolute Gasteiger partial charge is 0.493 e. The number of halogens is 1. The summed E-state index contributed by atoms with van der Waals surface area (Å²) >= 11 is 3.41. The predicted octanol–water partition coefficient (Wildman–Crippen LogP) is 6.01. The van der Waals surface area contributed by atoms with Gasteiger partial charge in [0.25, 0.3) is 5.69 Å². The second kappa shape index (κ2) is 9.72. The van der Waals surface area contributed by atoms with Crippen LogP contribution in [0.2, 0.25) is 0 Å². The zero-order valence-corrected chi connectivity index (χ0v) is 17.6. The zero-order valence-electron chi connectivity index (χ0n) is 16.0. The average molecular weight is 465 g/mol. The summed E-state index contributed by atoms with van der Waals surface area (Å²) in [6.45, 7) is 0.394. The van der Waals surface area contributed by atoms with E-state index < -0.39 is 4.92 Å². The van der Waals surface area contributed by atoms with Gasteiger partial charge in [-0.1, -0.05) is 34.1 Å². The molecule has 0 unspecified atom stereocenters. The van der Waals surface area contributed by atoms with E-state index in [1.54, 1.807) is 37.5 Å². The summed E-state index contributed by atoms with van der Waals surface area (Å²) < 4.78 is 12.3. The third-order valence-corrected chi connectivity index (χ3v) is 4.84. The van der Waals surface area contributed by atoms with Crippen LogP contribution in [0.4, 0.5) is 5.69 Å². The van der Waals surface area contributed by atoms with Gasteiger partial charge in [0.1, 0.15) is 6.61 Å². The number of allylic oxidation sites excluding steroid dienone is 1. The highest BCUT2D eigenvalue weighted by molar-refractivity contribution is 9.10. The Morgan fingerprint density at radius 2 is 1.80 bits per heavy atom. The van der Waals surface area contributed by atoms with Crippen molar-refractivity contribution in [2.45, 2.75) is 6.61 Å². The molecule has 0 amide bonds. The highest BCUT2D eigenvalue weighted by atomic mass is 79.9. The summed E-state index contributed by atoms with van der Waals surface area (Å²) in [7, 11) is 1.55. The normalized spacial score (nSPS) is 10.9. The Morgan fingerprint density at radius 3 is 2.40 bits per heavy atom. The minimum absolute atomic E-state index is 0.0232. The first-order chi connectivity index (χ1) is 14.5. The SMILES string of the molecule is COc1cc(/C=C(\C#N)c2ccc([N+](=O)[O-])cc2)ccc1OCc1ccc(Br)cc1. The lowest BCUT2D eigenvalue weighted by atomic mass is 10.0. The highest BCUT2D eigenvalue weighted by Crippen LogP contribution is 2.31. The maximum atomic E-state index is 10.8. The topological polar surface area (TPSA) is 85.4 Å². The van der Waals surface area contributed by atoms with Crippen LogP contribution in [0.1, 0.15) is 16.7 Å². The van der Waals surface area contributed by atoms with Crippen molar-refractivity contribution in [2.24, 2.45) is 0 Å². The minimum atomic E-state index is -0.475. The summed E-state index contributed by atoms with van der Waals surface area (Å²) in [5, 5.41) is 20.3. The van der Waals surface area contributed by atoms with Gasteiger partial charge in [0, 0.05) is 16.6 Å². The van der Waals surface area contributed by atoms with E-state index in [1.165, 1.54) is 12.1 Å². The summed E-state index contributed by atoms with van der Waals surface area (Å²) in [4.78, 5) is 10.3. The molecule has 0 heterocycles. The van der Waals surface area contributed by atoms with E-state index >= 15 is 0 Å². The molecule has 7 heteroatoms. The van der Waals surface area contributed by atoms with E-state index in [0.717, 1.165) is 15.6 Å². The lowest BCUT2D eigenvalue weighted by molar-refractivity contribution is -0.384. The molecule has 0 N–H and O–H groups in total. The van der Waals surface area contributed by atoms with Crippen LogP contribution < -0.4 is 9.47 Å². The van der Waals surface area contributed by atoms with Gasteiger partial charge >= 0.3 is 0 Å². The van der Waals surface area contributed by atoms with E-state index in [2.05, 4.69) is 22.0 Å². The van der Waals surface area contributed by atoms with Crippen molar-refractivity contribution in [1.82, 2.24) is 0 Å². The number of methoxy groups -OCH3 is 1. The van der Waals surface area contributed by atoms with Gasteiger partial charge in [-0.05, 0) is 59.2 Å². The number of nitrogens with zero attached hydrogens (tertiary/aromatic N) is 2. The fourth-order valence-electron chi connectivity index (χ4n) is 2.74. The summed E-state index contributed by atoms with van der Waals surface area (Å²) in [6.07, 6.45) is 1.70. The smallest absolute Gasteiger partial charge is 0.269 e. The Bertz CT molecular complexity index is 1120. The molecule has 3 aromatic carbocycles. The molecule has 0 saturated heterocycles. The number of nitriles is 1. The van der Waals surface area contributed by atoms with Gasteiger partial charge in [-0.2, -0.15) is 5.26 Å². The predicted molar refractivity (Wildman–Crippen MR) is 118 cm³/mol. The van der Waals surface area contributed by atoms with E-state index in [4.69, 9.17) is 9.47 Å². The number of hydrogen-bond donors (Lipinski definition) is 0. The fraction of sp³-hybridized carbons (Fsp3) is 0.0870. The second-order valence-electron chi connectivity index (χ2n) is 6.30. The van der Waals surface area contributed by atoms with E-state index in [9.17, 15) is 15.4 Å². The van der Waals surface area contributed by atoms with Crippen LogP contribution in [-0.4, -0.2) is 12.0 Å². The fourth-order valence-corrected chi connectivity index (χ4v) is 3.01. The molecular weight excluding hydrogens is 448 g/mol. The molecule has 3 rings (SSSR count). The molecule has 0 aromatic heterocycles. The Labute approximate surface area is 182 Å². The van der Waals surface area contributed by atoms with Crippen LogP contribution >= 0.6 is 15.9 Å². The molecule has 30 heavy (non-hydrogen) atoms. The Hall–Kier alpha value is -3.63. The number of ether oxygens (including phenoxy) is 2. The van der Waals surface area contributed by atoms with Gasteiger partial charge in [0.15, 0.2) is 11.5 Å². The summed E-state index contributed by atoms with van der Waals surface area (Å²) in [6, 6.07) is 21.2. The van der Waals surface area contributed by atoms with Crippen LogP contribution in [0.15, 0.2) is 71.2 Å². The Kier molecular flexibility index (Phi) is 6.83. The third-order valence-electron chi connectivity index (χ3n) is 4.32. The van der Waals surface area contributed by atoms with Gasteiger partial charge in [-0.3, -0.25) is 10.1 Å². The molecule has 0 aliphatic heterocycles. The lowest BCUT2D eigenvalue weighted by Gasteiger charge is -2.12. The molecule has 0 atom stereocenters. The summed E-state index contributed by atoms with van der Waals surface area (Å²) in [5.74, 6) is 1.13. The molecule has 0 aliphatic carbocycles. The van der Waals surface area contributed by atoms with Crippen LogP contribution in [0.25, 0.3) is 11.6 Å². The van der Waals surface area contributed by atoms with Crippen molar-refractivity contribution in [2.75, 3.05) is 7.11 Å². The first-order valence-electron chi connectivity index (χ1n) is 8.92. The van der Waals surface area contributed by atoms with Crippen molar-refractivity contribution < 1.29 is 14.4 Å². The first-order valence-corrected chi connectivity index (χ1v) is 9.71. The first kappa shape index (κ1) is 21.1. The van der Waals surface area contributed by atoms with Crippen LogP contribution in [0.3, 0.4) is 0 Å². The molecule has 6 nitrogen and oxygen atoms in total. The van der Waals surface area contributed by atoms with Crippen LogP contribution in [0, 0.1) is 21.4 Å². The van der Waals surface area contributed by atoms with Crippen molar-refractivity contribution in [1.29, 1.82) is 5.26 Å². The maximum absolute atomic E-state index is 10.8. The standard InChI is InChI=1S/C23H17BrN2O4/c1-29-23-13-17(4-11-22(23)30-15-16-2-7-20(24)8-3-16)12-19(14-25)18-5-9-21(10-6-18)26(27)28/h2-13H,15H2,1H3/b19-12+. The van der Waals surface area contributed by atoms with Crippen molar-refractivity contribution in [3.63, 3.8) is 0 Å². The van der Waals surface area contributed by atoms with Gasteiger partial charge in [-0.15, -0.1) is 0 Å². The number of non-ortho nitro benzene ring substituents is 1. The van der Waals surface area contributed by atoms with Gasteiger partial charge in [-0.25, -0.2) is 0 Å². The number of rotatable bonds is 7. The molecule has 150 valence electrons. The van der Waals surface area contributed by atoms with Crippen LogP contribution in [0.5, 0.6) is 11.5 Å². The van der Waals surface area contributed by atoms with Crippen molar-refractivity contribution in [3.8, 4) is 17.6 Å². The summed E-state index contributed by atoms with van der Waals surface area (Å²) in [5.41, 5.74) is 2.73. The molecular formula is C23H17BrN2O4. The number of hydrogen-bond acceptors (Lipinski definition) is 5. The molecule has 0 bridgehead atoms. The van der Waals surface area contributed by atoms with E-state index in [-0.39, 0.29) is 5.69 Å². The maximum Gasteiger partial charge on any atom is 0.269 e. The molecule has 0 aliphatic rings. The molecule has 0 spiro atoms. The van der Waals surface area contributed by atoms with Gasteiger partial charge in [0.05, 0.1) is 23.7 Å². The lowest BCUT2D eigenvalue weighted by Crippen LogP contribution is -1.98. The minimum Gasteiger partial charge on any atom is -0.493 e. The highest BCUT2D eigenvalue weighted by Gasteiger charge is 2.09.